The van der Waals surface area contributed by atoms with Gasteiger partial charge in [-0.2, -0.15) is 0 Å². The van der Waals surface area contributed by atoms with Gasteiger partial charge >= 0.3 is 0 Å². The second-order valence-electron chi connectivity index (χ2n) is 3.98. The molecule has 0 unspecified atom stereocenters. The summed E-state index contributed by atoms with van der Waals surface area (Å²) in [4.78, 5) is 4.42. The maximum absolute atomic E-state index is 12.9. The summed E-state index contributed by atoms with van der Waals surface area (Å²) in [6.07, 6.45) is 3.53. The van der Waals surface area contributed by atoms with Gasteiger partial charge in [-0.15, -0.1) is 0 Å². The highest BCUT2D eigenvalue weighted by Gasteiger charge is 2.06. The third-order valence-electron chi connectivity index (χ3n) is 2.71. The number of halogens is 2. The Labute approximate surface area is 108 Å². The van der Waals surface area contributed by atoms with E-state index in [4.69, 9.17) is 17.3 Å². The summed E-state index contributed by atoms with van der Waals surface area (Å²) in [5.74, 6) is -0.269. The zero-order chi connectivity index (χ0) is 12.7. The topological polar surface area (TPSA) is 43.3 Å². The lowest BCUT2D eigenvalue weighted by Gasteiger charge is -1.97. The van der Waals surface area contributed by atoms with Gasteiger partial charge in [-0.3, -0.25) is 0 Å². The van der Waals surface area contributed by atoms with Crippen LogP contribution in [0.25, 0.3) is 16.9 Å². The SMILES string of the molecule is Nc1cn2cc(-c3ccc(F)cc3)nc2cc1Cl. The number of nitrogens with two attached hydrogens (primary N) is 1. The van der Waals surface area contributed by atoms with Gasteiger partial charge < -0.3 is 10.1 Å². The molecule has 0 fully saturated rings. The summed E-state index contributed by atoms with van der Waals surface area (Å²) in [6.45, 7) is 0. The molecular weight excluding hydrogens is 253 g/mol. The van der Waals surface area contributed by atoms with E-state index in [0.29, 0.717) is 16.4 Å². The zero-order valence-corrected chi connectivity index (χ0v) is 10.0. The average molecular weight is 262 g/mol. The fraction of sp³-hybridized carbons (Fsp3) is 0. The van der Waals surface area contributed by atoms with Crippen LogP contribution in [0.1, 0.15) is 0 Å². The van der Waals surface area contributed by atoms with Gasteiger partial charge in [0.05, 0.1) is 16.4 Å². The highest BCUT2D eigenvalue weighted by atomic mass is 35.5. The third-order valence-corrected chi connectivity index (χ3v) is 3.04. The van der Waals surface area contributed by atoms with Crippen LogP contribution in [0.15, 0.2) is 42.7 Å². The van der Waals surface area contributed by atoms with Gasteiger partial charge in [0.25, 0.3) is 0 Å². The minimum absolute atomic E-state index is 0.269. The molecule has 18 heavy (non-hydrogen) atoms. The maximum Gasteiger partial charge on any atom is 0.139 e. The summed E-state index contributed by atoms with van der Waals surface area (Å²) < 4.78 is 14.6. The maximum atomic E-state index is 12.9. The monoisotopic (exact) mass is 261 g/mol. The van der Waals surface area contributed by atoms with Crippen LogP contribution >= 0.6 is 11.6 Å². The Bertz CT molecular complexity index is 680. The number of hydrogen-bond acceptors (Lipinski definition) is 2. The van der Waals surface area contributed by atoms with Crippen molar-refractivity contribution in [1.29, 1.82) is 0 Å². The first kappa shape index (κ1) is 11.0. The number of nitrogen functional groups attached to an aromatic ring is 1. The van der Waals surface area contributed by atoms with Crippen LogP contribution in [-0.2, 0) is 0 Å². The molecule has 3 nitrogen and oxygen atoms in total. The molecule has 0 radical (unpaired) electrons. The molecule has 2 N–H and O–H groups in total. The minimum Gasteiger partial charge on any atom is -0.396 e. The van der Waals surface area contributed by atoms with E-state index in [1.165, 1.54) is 12.1 Å². The Morgan fingerprint density at radius 1 is 1.17 bits per heavy atom. The normalized spacial score (nSPS) is 11.0. The Kier molecular flexibility index (Phi) is 2.45. The van der Waals surface area contributed by atoms with E-state index in [1.807, 2.05) is 6.20 Å². The Morgan fingerprint density at radius 3 is 2.61 bits per heavy atom. The van der Waals surface area contributed by atoms with E-state index < -0.39 is 0 Å². The molecule has 0 bridgehead atoms. The Morgan fingerprint density at radius 2 is 1.89 bits per heavy atom. The van der Waals surface area contributed by atoms with Crippen molar-refractivity contribution < 1.29 is 4.39 Å². The molecule has 0 atom stereocenters. The van der Waals surface area contributed by atoms with Crippen molar-refractivity contribution >= 4 is 22.9 Å². The number of pyridine rings is 1. The summed E-state index contributed by atoms with van der Waals surface area (Å²) in [7, 11) is 0. The first-order valence-corrected chi connectivity index (χ1v) is 5.71. The predicted octanol–water partition coefficient (Wildman–Crippen LogP) is 3.38. The standard InChI is InChI=1S/C13H9ClFN3/c14-10-5-13-17-12(7-18(13)6-11(10)16)8-1-3-9(15)4-2-8/h1-7H,16H2. The van der Waals surface area contributed by atoms with Crippen molar-refractivity contribution in [2.24, 2.45) is 0 Å². The van der Waals surface area contributed by atoms with Crippen LogP contribution in [0.2, 0.25) is 5.02 Å². The largest absolute Gasteiger partial charge is 0.396 e. The third kappa shape index (κ3) is 1.80. The van der Waals surface area contributed by atoms with E-state index in [9.17, 15) is 4.39 Å². The molecule has 0 aliphatic carbocycles. The van der Waals surface area contributed by atoms with Gasteiger partial charge in [-0.1, -0.05) is 11.6 Å². The van der Waals surface area contributed by atoms with E-state index in [1.54, 1.807) is 28.8 Å². The molecule has 2 aromatic heterocycles. The molecule has 5 heteroatoms. The van der Waals surface area contributed by atoms with Gasteiger partial charge in [-0.05, 0) is 24.3 Å². The van der Waals surface area contributed by atoms with Gasteiger partial charge in [0, 0.05) is 24.0 Å². The molecule has 3 rings (SSSR count). The van der Waals surface area contributed by atoms with Crippen LogP contribution in [0.3, 0.4) is 0 Å². The summed E-state index contributed by atoms with van der Waals surface area (Å²) in [6, 6.07) is 7.87. The molecule has 0 spiro atoms. The van der Waals surface area contributed by atoms with Crippen molar-refractivity contribution in [2.45, 2.75) is 0 Å². The first-order valence-electron chi connectivity index (χ1n) is 5.33. The second-order valence-corrected chi connectivity index (χ2v) is 4.38. The van der Waals surface area contributed by atoms with Crippen LogP contribution in [-0.4, -0.2) is 9.38 Å². The quantitative estimate of drug-likeness (QED) is 0.730. The highest BCUT2D eigenvalue weighted by Crippen LogP contribution is 2.24. The van der Waals surface area contributed by atoms with Crippen LogP contribution in [0.5, 0.6) is 0 Å². The zero-order valence-electron chi connectivity index (χ0n) is 9.27. The number of benzene rings is 1. The lowest BCUT2D eigenvalue weighted by atomic mass is 10.2. The highest BCUT2D eigenvalue weighted by molar-refractivity contribution is 6.33. The summed E-state index contributed by atoms with van der Waals surface area (Å²) >= 11 is 5.94. The first-order chi connectivity index (χ1) is 8.63. The van der Waals surface area contributed by atoms with E-state index >= 15 is 0 Å². The van der Waals surface area contributed by atoms with Crippen molar-refractivity contribution in [3.63, 3.8) is 0 Å². The molecule has 0 saturated carbocycles. The Balaban J connectivity index is 2.16. The number of anilines is 1. The molecule has 2 heterocycles. The van der Waals surface area contributed by atoms with Crippen LogP contribution in [0.4, 0.5) is 10.1 Å². The Hall–Kier alpha value is -2.07. The van der Waals surface area contributed by atoms with Crippen LogP contribution in [0, 0.1) is 5.82 Å². The second kappa shape index (κ2) is 3.99. The number of aromatic nitrogens is 2. The van der Waals surface area contributed by atoms with Crippen molar-refractivity contribution in [3.05, 3.63) is 53.6 Å². The number of nitrogens with zero attached hydrogens (tertiary/aromatic N) is 2. The molecule has 0 aliphatic rings. The number of rotatable bonds is 1. The molecule has 0 amide bonds. The molecule has 0 saturated heterocycles. The fourth-order valence-corrected chi connectivity index (χ4v) is 1.93. The number of imidazole rings is 1. The number of fused-ring (bicyclic) bond motifs is 1. The molecule has 90 valence electrons. The number of hydrogen-bond donors (Lipinski definition) is 1. The lowest BCUT2D eigenvalue weighted by Crippen LogP contribution is -1.90. The van der Waals surface area contributed by atoms with E-state index in [0.717, 1.165) is 11.3 Å². The minimum atomic E-state index is -0.269. The van der Waals surface area contributed by atoms with Gasteiger partial charge in [0.2, 0.25) is 0 Å². The van der Waals surface area contributed by atoms with E-state index in [-0.39, 0.29) is 5.82 Å². The van der Waals surface area contributed by atoms with Gasteiger partial charge in [0.1, 0.15) is 11.5 Å². The molecule has 3 aromatic rings. The van der Waals surface area contributed by atoms with Crippen molar-refractivity contribution in [1.82, 2.24) is 9.38 Å². The fourth-order valence-electron chi connectivity index (χ4n) is 1.79. The summed E-state index contributed by atoms with van der Waals surface area (Å²) in [5.41, 5.74) is 8.51. The lowest BCUT2D eigenvalue weighted by molar-refractivity contribution is 0.628. The van der Waals surface area contributed by atoms with Crippen molar-refractivity contribution in [3.8, 4) is 11.3 Å². The van der Waals surface area contributed by atoms with E-state index in [2.05, 4.69) is 4.98 Å². The molecule has 0 aliphatic heterocycles. The molecule has 1 aromatic carbocycles. The van der Waals surface area contributed by atoms with Gasteiger partial charge in [-0.25, -0.2) is 9.37 Å². The predicted molar refractivity (Wildman–Crippen MR) is 70.0 cm³/mol. The van der Waals surface area contributed by atoms with Gasteiger partial charge in [0.15, 0.2) is 0 Å². The van der Waals surface area contributed by atoms with Crippen LogP contribution < -0.4 is 5.73 Å². The molecular formula is C13H9ClFN3. The smallest absolute Gasteiger partial charge is 0.139 e. The summed E-state index contributed by atoms with van der Waals surface area (Å²) in [5, 5.41) is 0.471. The van der Waals surface area contributed by atoms with Crippen molar-refractivity contribution in [2.75, 3.05) is 5.73 Å². The average Bonchev–Trinajstić information content (AvgIpc) is 2.73.